The van der Waals surface area contributed by atoms with Crippen molar-refractivity contribution < 1.29 is 19.1 Å². The maximum Gasteiger partial charge on any atom is 0.408 e. The number of benzene rings is 3. The normalized spacial score (nSPS) is 11.3. The van der Waals surface area contributed by atoms with Gasteiger partial charge in [0.1, 0.15) is 6.61 Å². The minimum Gasteiger partial charge on any atom is -0.445 e. The average molecular weight is 445 g/mol. The molecule has 1 atom stereocenters. The van der Waals surface area contributed by atoms with E-state index in [1.807, 2.05) is 91.0 Å². The first-order valence-electron chi connectivity index (χ1n) is 10.9. The molecule has 3 aromatic carbocycles. The number of alkyl carbamates (subject to hydrolysis) is 1. The second kappa shape index (κ2) is 12.8. The fourth-order valence-electron chi connectivity index (χ4n) is 3.30. The quantitative estimate of drug-likeness (QED) is 0.464. The number of rotatable bonds is 11. The number of Topliss-reactive ketones (excluding diaryl/α,β-unsaturated/α-hetero) is 1. The molecular formula is C27H28N2O4. The topological polar surface area (TPSA) is 84.5 Å². The molecule has 0 saturated heterocycles. The lowest BCUT2D eigenvalue weighted by atomic mass is 9.99. The van der Waals surface area contributed by atoms with Gasteiger partial charge in [0.25, 0.3) is 0 Å². The fraction of sp³-hybridized carbons (Fsp3) is 0.222. The number of ether oxygens (including phenoxy) is 1. The van der Waals surface area contributed by atoms with Crippen molar-refractivity contribution in [1.82, 2.24) is 10.6 Å². The summed E-state index contributed by atoms with van der Waals surface area (Å²) < 4.78 is 5.28. The Bertz CT molecular complexity index is 1020. The number of carbonyl (C=O) groups is 3. The molecule has 0 unspecified atom stereocenters. The first kappa shape index (κ1) is 23.7. The molecule has 6 heteroatoms. The van der Waals surface area contributed by atoms with Gasteiger partial charge in [0.2, 0.25) is 5.91 Å². The Balaban J connectivity index is 1.52. The number of amides is 2. The van der Waals surface area contributed by atoms with Gasteiger partial charge in [-0.1, -0.05) is 91.0 Å². The van der Waals surface area contributed by atoms with E-state index in [0.717, 1.165) is 16.7 Å². The summed E-state index contributed by atoms with van der Waals surface area (Å²) in [5, 5.41) is 5.49. The van der Waals surface area contributed by atoms with E-state index in [1.165, 1.54) is 0 Å². The van der Waals surface area contributed by atoms with Crippen LogP contribution in [0.15, 0.2) is 91.0 Å². The second-order valence-corrected chi connectivity index (χ2v) is 7.68. The number of carbonyl (C=O) groups excluding carboxylic acids is 3. The summed E-state index contributed by atoms with van der Waals surface area (Å²) in [7, 11) is 0. The molecule has 0 bridgehead atoms. The lowest BCUT2D eigenvalue weighted by Gasteiger charge is -2.18. The predicted octanol–water partition coefficient (Wildman–Crippen LogP) is 4.19. The highest BCUT2D eigenvalue weighted by molar-refractivity contribution is 5.90. The Labute approximate surface area is 194 Å². The van der Waals surface area contributed by atoms with Crippen LogP contribution in [0.4, 0.5) is 4.79 Å². The molecule has 0 radical (unpaired) electrons. The van der Waals surface area contributed by atoms with Crippen LogP contribution in [-0.2, 0) is 33.9 Å². The van der Waals surface area contributed by atoms with E-state index in [9.17, 15) is 14.4 Å². The summed E-state index contributed by atoms with van der Waals surface area (Å²) in [6, 6.07) is 27.5. The SMILES string of the molecule is O=C(CCC(=O)[C@H](Cc1ccccc1)NC(=O)OCc1ccccc1)NCc1ccccc1. The first-order valence-corrected chi connectivity index (χ1v) is 10.9. The van der Waals surface area contributed by atoms with Crippen LogP contribution in [0.3, 0.4) is 0 Å². The molecule has 2 amide bonds. The van der Waals surface area contributed by atoms with Gasteiger partial charge >= 0.3 is 6.09 Å². The van der Waals surface area contributed by atoms with E-state index in [-0.39, 0.29) is 31.1 Å². The average Bonchev–Trinajstić information content (AvgIpc) is 2.86. The summed E-state index contributed by atoms with van der Waals surface area (Å²) in [6.07, 6.45) is -0.262. The van der Waals surface area contributed by atoms with Crippen molar-refractivity contribution in [1.29, 1.82) is 0 Å². The van der Waals surface area contributed by atoms with Crippen LogP contribution in [0.5, 0.6) is 0 Å². The smallest absolute Gasteiger partial charge is 0.408 e. The minimum atomic E-state index is -0.780. The molecule has 0 aliphatic carbocycles. The second-order valence-electron chi connectivity index (χ2n) is 7.68. The van der Waals surface area contributed by atoms with Gasteiger partial charge in [-0.3, -0.25) is 9.59 Å². The lowest BCUT2D eigenvalue weighted by Crippen LogP contribution is -2.43. The van der Waals surface area contributed by atoms with Crippen molar-refractivity contribution in [3.63, 3.8) is 0 Å². The molecule has 6 nitrogen and oxygen atoms in total. The lowest BCUT2D eigenvalue weighted by molar-refractivity contribution is -0.126. The van der Waals surface area contributed by atoms with Crippen LogP contribution >= 0.6 is 0 Å². The largest absolute Gasteiger partial charge is 0.445 e. The molecule has 0 aromatic heterocycles. The minimum absolute atomic E-state index is 0.0249. The number of nitrogens with one attached hydrogen (secondary N) is 2. The third-order valence-corrected chi connectivity index (χ3v) is 5.11. The van der Waals surface area contributed by atoms with Crippen molar-refractivity contribution in [3.8, 4) is 0 Å². The maximum absolute atomic E-state index is 12.9. The van der Waals surface area contributed by atoms with Crippen molar-refractivity contribution in [2.24, 2.45) is 0 Å². The van der Waals surface area contributed by atoms with E-state index in [2.05, 4.69) is 10.6 Å². The van der Waals surface area contributed by atoms with E-state index in [1.54, 1.807) is 0 Å². The van der Waals surface area contributed by atoms with Gasteiger partial charge in [-0.25, -0.2) is 4.79 Å². The molecule has 0 saturated carbocycles. The monoisotopic (exact) mass is 444 g/mol. The van der Waals surface area contributed by atoms with Crippen LogP contribution in [-0.4, -0.2) is 23.8 Å². The van der Waals surface area contributed by atoms with Crippen molar-refractivity contribution >= 4 is 17.8 Å². The highest BCUT2D eigenvalue weighted by Crippen LogP contribution is 2.08. The summed E-state index contributed by atoms with van der Waals surface area (Å²) >= 11 is 0. The molecule has 0 aliphatic heterocycles. The van der Waals surface area contributed by atoms with Crippen molar-refractivity contribution in [2.45, 2.75) is 38.5 Å². The first-order chi connectivity index (χ1) is 16.1. The number of hydrogen-bond donors (Lipinski definition) is 2. The van der Waals surface area contributed by atoms with Crippen LogP contribution < -0.4 is 10.6 Å². The van der Waals surface area contributed by atoms with Gasteiger partial charge in [0.05, 0.1) is 6.04 Å². The van der Waals surface area contributed by atoms with E-state index in [0.29, 0.717) is 13.0 Å². The Kier molecular flexibility index (Phi) is 9.21. The van der Waals surface area contributed by atoms with Crippen LogP contribution in [0.2, 0.25) is 0 Å². The Morgan fingerprint density at radius 1 is 0.697 bits per heavy atom. The molecule has 0 fully saturated rings. The predicted molar refractivity (Wildman–Crippen MR) is 126 cm³/mol. The summed E-state index contributed by atoms with van der Waals surface area (Å²) in [4.78, 5) is 37.4. The highest BCUT2D eigenvalue weighted by Gasteiger charge is 2.22. The summed E-state index contributed by atoms with van der Waals surface area (Å²) in [5.41, 5.74) is 2.75. The van der Waals surface area contributed by atoms with Gasteiger partial charge in [-0.2, -0.15) is 0 Å². The van der Waals surface area contributed by atoms with Gasteiger partial charge in [-0.15, -0.1) is 0 Å². The zero-order valence-corrected chi connectivity index (χ0v) is 18.4. The van der Waals surface area contributed by atoms with Crippen LogP contribution in [0.1, 0.15) is 29.5 Å². The highest BCUT2D eigenvalue weighted by atomic mass is 16.5. The van der Waals surface area contributed by atoms with Crippen LogP contribution in [0, 0.1) is 0 Å². The molecule has 33 heavy (non-hydrogen) atoms. The fourth-order valence-corrected chi connectivity index (χ4v) is 3.30. The maximum atomic E-state index is 12.9. The standard InChI is InChI=1S/C27H28N2O4/c30-25(16-17-26(31)28-19-22-12-6-2-7-13-22)24(18-21-10-4-1-5-11-21)29-27(32)33-20-23-14-8-3-9-15-23/h1-15,24H,16-20H2,(H,28,31)(H,29,32)/t24-/m0/s1. The Hall–Kier alpha value is -3.93. The third kappa shape index (κ3) is 8.61. The van der Waals surface area contributed by atoms with Gasteiger partial charge < -0.3 is 15.4 Å². The van der Waals surface area contributed by atoms with E-state index < -0.39 is 12.1 Å². The molecule has 3 rings (SSSR count). The van der Waals surface area contributed by atoms with Gasteiger partial charge in [0, 0.05) is 19.4 Å². The number of ketones is 1. The molecule has 2 N–H and O–H groups in total. The molecular weight excluding hydrogens is 416 g/mol. The zero-order valence-electron chi connectivity index (χ0n) is 18.4. The van der Waals surface area contributed by atoms with Gasteiger partial charge in [-0.05, 0) is 23.1 Å². The van der Waals surface area contributed by atoms with E-state index in [4.69, 9.17) is 4.74 Å². The third-order valence-electron chi connectivity index (χ3n) is 5.11. The summed E-state index contributed by atoms with van der Waals surface area (Å²) in [6.45, 7) is 0.520. The Morgan fingerprint density at radius 2 is 1.24 bits per heavy atom. The molecule has 0 aliphatic rings. The van der Waals surface area contributed by atoms with Crippen LogP contribution in [0.25, 0.3) is 0 Å². The summed E-state index contributed by atoms with van der Waals surface area (Å²) in [5.74, 6) is -0.428. The van der Waals surface area contributed by atoms with Crippen molar-refractivity contribution in [2.75, 3.05) is 0 Å². The van der Waals surface area contributed by atoms with Crippen molar-refractivity contribution in [3.05, 3.63) is 108 Å². The molecule has 0 spiro atoms. The number of hydrogen-bond acceptors (Lipinski definition) is 4. The van der Waals surface area contributed by atoms with Gasteiger partial charge in [0.15, 0.2) is 5.78 Å². The molecule has 3 aromatic rings. The van der Waals surface area contributed by atoms with E-state index >= 15 is 0 Å². The molecule has 0 heterocycles. The zero-order chi connectivity index (χ0) is 23.3. The Morgan fingerprint density at radius 3 is 1.85 bits per heavy atom. The molecule has 170 valence electrons.